The Bertz CT molecular complexity index is 449. The minimum Gasteiger partial charge on any atom is -0.493 e. The van der Waals surface area contributed by atoms with Crippen LogP contribution in [0, 0.1) is 6.92 Å². The number of hydrogen-bond acceptors (Lipinski definition) is 2. The molecule has 1 atom stereocenters. The predicted molar refractivity (Wildman–Crippen MR) is 87.9 cm³/mol. The van der Waals surface area contributed by atoms with E-state index < -0.39 is 0 Å². The van der Waals surface area contributed by atoms with Crippen molar-refractivity contribution in [1.82, 2.24) is 5.32 Å². The lowest BCUT2D eigenvalue weighted by molar-refractivity contribution is 0.309. The first-order valence-electron chi connectivity index (χ1n) is 8.83. The highest BCUT2D eigenvalue weighted by molar-refractivity contribution is 5.43. The Morgan fingerprint density at radius 2 is 1.71 bits per heavy atom. The molecule has 2 aliphatic rings. The maximum absolute atomic E-state index is 6.00. The van der Waals surface area contributed by atoms with Crippen molar-refractivity contribution >= 4 is 0 Å². The van der Waals surface area contributed by atoms with Crippen LogP contribution in [-0.2, 0) is 0 Å². The van der Waals surface area contributed by atoms with Crippen LogP contribution in [0.1, 0.15) is 75.0 Å². The predicted octanol–water partition coefficient (Wildman–Crippen LogP) is 4.91. The molecule has 1 aliphatic carbocycles. The minimum absolute atomic E-state index is 0.479. The van der Waals surface area contributed by atoms with Crippen LogP contribution in [0.3, 0.4) is 0 Å². The first kappa shape index (κ1) is 14.9. The monoisotopic (exact) mass is 287 g/mol. The summed E-state index contributed by atoms with van der Waals surface area (Å²) in [5.41, 5.74) is 2.66. The molecule has 2 heteroatoms. The Labute approximate surface area is 129 Å². The lowest BCUT2D eigenvalue weighted by Gasteiger charge is -2.27. The molecule has 0 radical (unpaired) electrons. The molecule has 1 aromatic carbocycles. The fourth-order valence-corrected chi connectivity index (χ4v) is 3.84. The number of rotatable bonds is 2. The van der Waals surface area contributed by atoms with E-state index in [0.717, 1.165) is 18.8 Å². The largest absolute Gasteiger partial charge is 0.493 e. The van der Waals surface area contributed by atoms with Crippen molar-refractivity contribution in [1.29, 1.82) is 0 Å². The second-order valence-corrected chi connectivity index (χ2v) is 6.75. The number of hydrogen-bond donors (Lipinski definition) is 1. The van der Waals surface area contributed by atoms with E-state index in [1.807, 2.05) is 0 Å². The van der Waals surface area contributed by atoms with Crippen LogP contribution in [-0.4, -0.2) is 12.6 Å². The minimum atomic E-state index is 0.479. The highest BCUT2D eigenvalue weighted by atomic mass is 16.5. The van der Waals surface area contributed by atoms with Crippen molar-refractivity contribution in [2.24, 2.45) is 0 Å². The molecule has 2 nitrogen and oxygen atoms in total. The van der Waals surface area contributed by atoms with Gasteiger partial charge in [-0.3, -0.25) is 0 Å². The van der Waals surface area contributed by atoms with E-state index in [1.165, 1.54) is 62.5 Å². The summed E-state index contributed by atoms with van der Waals surface area (Å²) in [6, 6.07) is 7.77. The van der Waals surface area contributed by atoms with E-state index in [-0.39, 0.29) is 0 Å². The third-order valence-electron chi connectivity index (χ3n) is 5.04. The number of para-hydroxylation sites is 1. The van der Waals surface area contributed by atoms with Gasteiger partial charge < -0.3 is 10.1 Å². The zero-order valence-corrected chi connectivity index (χ0v) is 13.4. The average molecular weight is 287 g/mol. The van der Waals surface area contributed by atoms with Gasteiger partial charge in [-0.05, 0) is 38.2 Å². The maximum Gasteiger partial charge on any atom is 0.126 e. The van der Waals surface area contributed by atoms with Gasteiger partial charge in [-0.1, -0.05) is 50.3 Å². The second kappa shape index (κ2) is 7.31. The molecule has 21 heavy (non-hydrogen) atoms. The van der Waals surface area contributed by atoms with Crippen molar-refractivity contribution in [3.05, 3.63) is 29.3 Å². The molecule has 1 aromatic rings. The van der Waals surface area contributed by atoms with E-state index in [9.17, 15) is 0 Å². The lowest BCUT2D eigenvalue weighted by atomic mass is 9.93. The highest BCUT2D eigenvalue weighted by Crippen LogP contribution is 2.35. The van der Waals surface area contributed by atoms with Crippen molar-refractivity contribution in [3.63, 3.8) is 0 Å². The molecule has 1 aliphatic heterocycles. The molecule has 0 saturated heterocycles. The van der Waals surface area contributed by atoms with Crippen LogP contribution in [0.5, 0.6) is 5.75 Å². The van der Waals surface area contributed by atoms with E-state index in [1.54, 1.807) is 0 Å². The van der Waals surface area contributed by atoms with Gasteiger partial charge in [0.1, 0.15) is 5.75 Å². The molecule has 116 valence electrons. The van der Waals surface area contributed by atoms with E-state index in [2.05, 4.69) is 30.4 Å². The number of nitrogens with one attached hydrogen (secondary N) is 1. The van der Waals surface area contributed by atoms with Gasteiger partial charge in [0.2, 0.25) is 0 Å². The Hall–Kier alpha value is -1.02. The van der Waals surface area contributed by atoms with Crippen LogP contribution in [0.15, 0.2) is 18.2 Å². The van der Waals surface area contributed by atoms with Gasteiger partial charge in [0, 0.05) is 17.6 Å². The lowest BCUT2D eigenvalue weighted by Crippen LogP contribution is -2.33. The van der Waals surface area contributed by atoms with Crippen LogP contribution in [0.2, 0.25) is 0 Å². The molecule has 0 bridgehead atoms. The van der Waals surface area contributed by atoms with Gasteiger partial charge in [0.15, 0.2) is 0 Å². The first-order chi connectivity index (χ1) is 10.3. The van der Waals surface area contributed by atoms with Crippen molar-refractivity contribution in [2.45, 2.75) is 76.8 Å². The number of ether oxygens (including phenoxy) is 1. The molecule has 1 heterocycles. The molecular formula is C19H29NO. The number of fused-ring (bicyclic) bond motifs is 1. The van der Waals surface area contributed by atoms with Gasteiger partial charge in [0.05, 0.1) is 6.61 Å². The van der Waals surface area contributed by atoms with Crippen LogP contribution < -0.4 is 10.1 Å². The summed E-state index contributed by atoms with van der Waals surface area (Å²) in [4.78, 5) is 0. The third kappa shape index (κ3) is 3.79. The smallest absolute Gasteiger partial charge is 0.126 e. The zero-order valence-electron chi connectivity index (χ0n) is 13.4. The Balaban J connectivity index is 1.74. The first-order valence-corrected chi connectivity index (χ1v) is 8.83. The Kier molecular flexibility index (Phi) is 5.18. The Morgan fingerprint density at radius 3 is 2.52 bits per heavy atom. The van der Waals surface area contributed by atoms with E-state index >= 15 is 0 Å². The second-order valence-electron chi connectivity index (χ2n) is 6.75. The molecule has 0 spiro atoms. The summed E-state index contributed by atoms with van der Waals surface area (Å²) in [7, 11) is 0. The van der Waals surface area contributed by atoms with E-state index in [4.69, 9.17) is 4.74 Å². The van der Waals surface area contributed by atoms with Crippen LogP contribution in [0.4, 0.5) is 0 Å². The van der Waals surface area contributed by atoms with Crippen LogP contribution in [0.25, 0.3) is 0 Å². The number of benzene rings is 1. The summed E-state index contributed by atoms with van der Waals surface area (Å²) >= 11 is 0. The van der Waals surface area contributed by atoms with Crippen molar-refractivity contribution in [3.8, 4) is 5.75 Å². The molecule has 1 saturated carbocycles. The number of aryl methyl sites for hydroxylation is 1. The van der Waals surface area contributed by atoms with Gasteiger partial charge in [-0.2, -0.15) is 0 Å². The van der Waals surface area contributed by atoms with Crippen molar-refractivity contribution in [2.75, 3.05) is 6.61 Å². The molecule has 1 unspecified atom stereocenters. The molecule has 1 fully saturated rings. The topological polar surface area (TPSA) is 21.3 Å². The van der Waals surface area contributed by atoms with Crippen LogP contribution >= 0.6 is 0 Å². The highest BCUT2D eigenvalue weighted by Gasteiger charge is 2.23. The summed E-state index contributed by atoms with van der Waals surface area (Å²) in [5, 5.41) is 3.97. The van der Waals surface area contributed by atoms with Gasteiger partial charge in [-0.15, -0.1) is 0 Å². The summed E-state index contributed by atoms with van der Waals surface area (Å²) in [5.74, 6) is 1.14. The third-order valence-corrected chi connectivity index (χ3v) is 5.04. The van der Waals surface area contributed by atoms with Gasteiger partial charge in [-0.25, -0.2) is 0 Å². The fraction of sp³-hybridized carbons (Fsp3) is 0.684. The normalized spacial score (nSPS) is 24.3. The molecule has 0 aromatic heterocycles. The molecule has 0 amide bonds. The summed E-state index contributed by atoms with van der Waals surface area (Å²) in [6.07, 6.45) is 12.1. The van der Waals surface area contributed by atoms with Gasteiger partial charge >= 0.3 is 0 Å². The summed E-state index contributed by atoms with van der Waals surface area (Å²) < 4.78 is 6.00. The average Bonchev–Trinajstić information content (AvgIpc) is 2.65. The zero-order chi connectivity index (χ0) is 14.5. The molecule has 1 N–H and O–H groups in total. The molecule has 3 rings (SSSR count). The molecular weight excluding hydrogens is 258 g/mol. The SMILES string of the molecule is Cc1cccc2c1OCCCC2NC1CCCCCCC1. The van der Waals surface area contributed by atoms with E-state index in [0.29, 0.717) is 12.1 Å². The van der Waals surface area contributed by atoms with Crippen molar-refractivity contribution < 1.29 is 4.74 Å². The standard InChI is InChI=1S/C19H29NO/c1-15-9-7-12-17-18(13-8-14-21-19(15)17)20-16-10-5-3-2-4-6-11-16/h7,9,12,16,18,20H,2-6,8,10-11,13-14H2,1H3. The fourth-order valence-electron chi connectivity index (χ4n) is 3.84. The summed E-state index contributed by atoms with van der Waals surface area (Å²) in [6.45, 7) is 3.03. The Morgan fingerprint density at radius 1 is 0.952 bits per heavy atom. The maximum atomic E-state index is 6.00. The quantitative estimate of drug-likeness (QED) is 0.834. The van der Waals surface area contributed by atoms with Gasteiger partial charge in [0.25, 0.3) is 0 Å².